The summed E-state index contributed by atoms with van der Waals surface area (Å²) in [6.07, 6.45) is 6.66. The number of piperidine rings is 3. The van der Waals surface area contributed by atoms with Gasteiger partial charge >= 0.3 is 6.09 Å². The summed E-state index contributed by atoms with van der Waals surface area (Å²) in [6, 6.07) is 15.7. The zero-order chi connectivity index (χ0) is 23.0. The largest absolute Gasteiger partial charge is 0.445 e. The summed E-state index contributed by atoms with van der Waals surface area (Å²) in [7, 11) is 0. The minimum absolute atomic E-state index is 0.0217. The Kier molecular flexibility index (Phi) is 6.22. The van der Waals surface area contributed by atoms with E-state index in [1.54, 1.807) is 0 Å². The summed E-state index contributed by atoms with van der Waals surface area (Å²) in [5.74, 6) is 0.528. The van der Waals surface area contributed by atoms with Gasteiger partial charge in [-0.3, -0.25) is 4.90 Å². The summed E-state index contributed by atoms with van der Waals surface area (Å²) in [4.78, 5) is 15.3. The van der Waals surface area contributed by atoms with E-state index in [0.29, 0.717) is 5.92 Å². The Morgan fingerprint density at radius 3 is 2.48 bits per heavy atom. The average Bonchev–Trinajstić information content (AvgIpc) is 3.07. The molecule has 3 heterocycles. The van der Waals surface area contributed by atoms with E-state index in [1.807, 2.05) is 0 Å². The van der Waals surface area contributed by atoms with Crippen LogP contribution in [0.3, 0.4) is 0 Å². The standard InChI is InChI=1S/C29H38N2O2/c1-4-5-6-20-7-9-21(10-8-20)23-11-12-25-24(17-23)18-29(2,3)27(25)30-28(32)33-26-19-31-15-13-22(26)14-16-31/h7-12,17,22,26-27H,4-6,13-16,18-19H2,1-3H3,(H,30,32)/t26-,27?/m0/s1. The molecule has 2 aromatic rings. The van der Waals surface area contributed by atoms with E-state index in [4.69, 9.17) is 4.74 Å². The molecular formula is C29H38N2O2. The topological polar surface area (TPSA) is 41.6 Å². The Balaban J connectivity index is 1.28. The molecule has 0 saturated carbocycles. The van der Waals surface area contributed by atoms with Crippen LogP contribution in [0.2, 0.25) is 0 Å². The number of nitrogens with zero attached hydrogens (tertiary/aromatic N) is 1. The number of alkyl carbamates (subject to hydrolysis) is 1. The van der Waals surface area contributed by atoms with Gasteiger partial charge in [0.05, 0.1) is 6.04 Å². The molecule has 4 nitrogen and oxygen atoms in total. The first-order valence-electron chi connectivity index (χ1n) is 12.8. The van der Waals surface area contributed by atoms with Crippen LogP contribution in [0.1, 0.15) is 69.2 Å². The molecule has 1 amide bonds. The smallest absolute Gasteiger partial charge is 0.407 e. The lowest BCUT2D eigenvalue weighted by atomic mass is 9.85. The second kappa shape index (κ2) is 9.13. The highest BCUT2D eigenvalue weighted by Gasteiger charge is 2.42. The van der Waals surface area contributed by atoms with Crippen LogP contribution in [0.25, 0.3) is 11.1 Å². The first-order valence-corrected chi connectivity index (χ1v) is 12.8. The number of ether oxygens (including phenoxy) is 1. The lowest BCUT2D eigenvalue weighted by Crippen LogP contribution is -2.53. The Morgan fingerprint density at radius 1 is 1.09 bits per heavy atom. The third-order valence-electron chi connectivity index (χ3n) is 8.10. The fourth-order valence-electron chi connectivity index (χ4n) is 6.09. The number of fused-ring (bicyclic) bond motifs is 4. The van der Waals surface area contributed by atoms with Crippen molar-refractivity contribution in [3.05, 3.63) is 59.2 Å². The number of carbonyl (C=O) groups excluding carboxylic acids is 1. The number of hydrogen-bond acceptors (Lipinski definition) is 3. The number of unbranched alkanes of at least 4 members (excludes halogenated alkanes) is 1. The van der Waals surface area contributed by atoms with Crippen LogP contribution in [0.15, 0.2) is 42.5 Å². The van der Waals surface area contributed by atoms with Gasteiger partial charge < -0.3 is 10.1 Å². The summed E-state index contributed by atoms with van der Waals surface area (Å²) in [5.41, 5.74) is 6.44. The molecule has 33 heavy (non-hydrogen) atoms. The van der Waals surface area contributed by atoms with Crippen molar-refractivity contribution in [2.45, 2.75) is 71.4 Å². The van der Waals surface area contributed by atoms with Crippen LogP contribution in [-0.2, 0) is 17.6 Å². The predicted molar refractivity (Wildman–Crippen MR) is 133 cm³/mol. The van der Waals surface area contributed by atoms with Crippen molar-refractivity contribution in [2.24, 2.45) is 11.3 Å². The van der Waals surface area contributed by atoms with Gasteiger partial charge in [0.2, 0.25) is 0 Å². The maximum absolute atomic E-state index is 12.9. The molecule has 0 radical (unpaired) electrons. The number of rotatable bonds is 6. The first-order chi connectivity index (χ1) is 15.9. The van der Waals surface area contributed by atoms with Crippen molar-refractivity contribution in [3.8, 4) is 11.1 Å². The zero-order valence-electron chi connectivity index (χ0n) is 20.4. The summed E-state index contributed by atoms with van der Waals surface area (Å²) < 4.78 is 5.94. The molecule has 176 valence electrons. The van der Waals surface area contributed by atoms with Gasteiger partial charge in [0, 0.05) is 6.54 Å². The Hall–Kier alpha value is -2.33. The van der Waals surface area contributed by atoms with E-state index in [9.17, 15) is 4.79 Å². The highest BCUT2D eigenvalue weighted by atomic mass is 16.6. The van der Waals surface area contributed by atoms with E-state index in [0.717, 1.165) is 45.3 Å². The number of aryl methyl sites for hydroxylation is 1. The van der Waals surface area contributed by atoms with Gasteiger partial charge in [-0.05, 0) is 84.3 Å². The maximum Gasteiger partial charge on any atom is 0.407 e. The second-order valence-corrected chi connectivity index (χ2v) is 11.0. The van der Waals surface area contributed by atoms with Crippen molar-refractivity contribution in [2.75, 3.05) is 19.6 Å². The molecule has 1 unspecified atom stereocenters. The van der Waals surface area contributed by atoms with E-state index in [2.05, 4.69) is 73.5 Å². The fourth-order valence-corrected chi connectivity index (χ4v) is 6.09. The summed E-state index contributed by atoms with van der Waals surface area (Å²) in [6.45, 7) is 9.92. The normalized spacial score (nSPS) is 27.2. The molecule has 4 heteroatoms. The van der Waals surface area contributed by atoms with Crippen molar-refractivity contribution < 1.29 is 9.53 Å². The van der Waals surface area contributed by atoms with Crippen LogP contribution < -0.4 is 5.32 Å². The lowest BCUT2D eigenvalue weighted by Gasteiger charge is -2.44. The predicted octanol–water partition coefficient (Wildman–Crippen LogP) is 6.14. The Labute approximate surface area is 198 Å². The van der Waals surface area contributed by atoms with Gasteiger partial charge in [0.1, 0.15) is 6.10 Å². The minimum Gasteiger partial charge on any atom is -0.445 e. The first kappa shape index (κ1) is 22.5. The number of benzene rings is 2. The quantitative estimate of drug-likeness (QED) is 0.579. The van der Waals surface area contributed by atoms with E-state index < -0.39 is 0 Å². The monoisotopic (exact) mass is 446 g/mol. The lowest BCUT2D eigenvalue weighted by molar-refractivity contribution is -0.0348. The van der Waals surface area contributed by atoms with Crippen LogP contribution in [-0.4, -0.2) is 36.7 Å². The number of nitrogens with one attached hydrogen (secondary N) is 1. The molecule has 3 aliphatic heterocycles. The molecule has 3 saturated heterocycles. The van der Waals surface area contributed by atoms with E-state index in [-0.39, 0.29) is 23.7 Å². The van der Waals surface area contributed by atoms with Crippen molar-refractivity contribution in [1.29, 1.82) is 0 Å². The molecule has 2 atom stereocenters. The maximum atomic E-state index is 12.9. The van der Waals surface area contributed by atoms with Gasteiger partial charge in [-0.15, -0.1) is 0 Å². The van der Waals surface area contributed by atoms with Gasteiger partial charge in [0.15, 0.2) is 0 Å². The average molecular weight is 447 g/mol. The van der Waals surface area contributed by atoms with Crippen LogP contribution in [0, 0.1) is 11.3 Å². The van der Waals surface area contributed by atoms with Crippen LogP contribution in [0.5, 0.6) is 0 Å². The zero-order valence-corrected chi connectivity index (χ0v) is 20.4. The fraction of sp³-hybridized carbons (Fsp3) is 0.552. The molecule has 4 aliphatic rings. The molecule has 3 fully saturated rings. The SMILES string of the molecule is CCCCc1ccc(-c2ccc3c(c2)CC(C)(C)C3NC(=O)O[C@H]2CN3CCC2CC3)cc1. The van der Waals surface area contributed by atoms with Crippen molar-refractivity contribution in [3.63, 3.8) is 0 Å². The van der Waals surface area contributed by atoms with Gasteiger partial charge in [-0.1, -0.05) is 69.7 Å². The van der Waals surface area contributed by atoms with Gasteiger partial charge in [-0.2, -0.15) is 0 Å². The van der Waals surface area contributed by atoms with E-state index >= 15 is 0 Å². The molecular weight excluding hydrogens is 408 g/mol. The Morgan fingerprint density at radius 2 is 1.82 bits per heavy atom. The van der Waals surface area contributed by atoms with Gasteiger partial charge in [0.25, 0.3) is 0 Å². The second-order valence-electron chi connectivity index (χ2n) is 11.0. The number of hydrogen-bond donors (Lipinski definition) is 1. The molecule has 0 spiro atoms. The summed E-state index contributed by atoms with van der Waals surface area (Å²) in [5, 5.41) is 3.24. The highest BCUT2D eigenvalue weighted by Crippen LogP contribution is 2.46. The third kappa shape index (κ3) is 4.68. The highest BCUT2D eigenvalue weighted by molar-refractivity contribution is 5.70. The van der Waals surface area contributed by atoms with Crippen LogP contribution in [0.4, 0.5) is 4.79 Å². The Bertz CT molecular complexity index is 989. The van der Waals surface area contributed by atoms with Crippen molar-refractivity contribution in [1.82, 2.24) is 10.2 Å². The summed E-state index contributed by atoms with van der Waals surface area (Å²) >= 11 is 0. The molecule has 1 N–H and O–H groups in total. The number of carbonyl (C=O) groups is 1. The van der Waals surface area contributed by atoms with Crippen LogP contribution >= 0.6 is 0 Å². The number of amides is 1. The van der Waals surface area contributed by atoms with Crippen molar-refractivity contribution >= 4 is 6.09 Å². The molecule has 6 rings (SSSR count). The van der Waals surface area contributed by atoms with E-state index in [1.165, 1.54) is 40.7 Å². The van der Waals surface area contributed by atoms with Gasteiger partial charge in [-0.25, -0.2) is 4.79 Å². The minimum atomic E-state index is -0.258. The molecule has 1 aliphatic carbocycles. The third-order valence-corrected chi connectivity index (χ3v) is 8.10. The molecule has 2 aromatic carbocycles. The molecule has 2 bridgehead atoms. The molecule has 0 aromatic heterocycles.